The van der Waals surface area contributed by atoms with Gasteiger partial charge in [0.1, 0.15) is 0 Å². The maximum absolute atomic E-state index is 5.10. The molecule has 2 heteroatoms. The summed E-state index contributed by atoms with van der Waals surface area (Å²) in [5, 5.41) is 1.15. The Balaban J connectivity index is 2.79. The molecule has 2 aromatic rings. The molecule has 11 heavy (non-hydrogen) atoms. The molecule has 1 heterocycles. The van der Waals surface area contributed by atoms with E-state index < -0.39 is 0 Å². The van der Waals surface area contributed by atoms with Crippen molar-refractivity contribution in [3.05, 3.63) is 30.5 Å². The Labute approximate surface area is 64.8 Å². The van der Waals surface area contributed by atoms with Gasteiger partial charge in [-0.25, -0.2) is 0 Å². The third-order valence-corrected chi connectivity index (χ3v) is 1.69. The van der Waals surface area contributed by atoms with Gasteiger partial charge in [-0.1, -0.05) is 6.07 Å². The van der Waals surface area contributed by atoms with Crippen molar-refractivity contribution in [1.82, 2.24) is 4.98 Å². The second kappa shape index (κ2) is 2.31. The molecule has 2 rings (SSSR count). The number of nitrogens with one attached hydrogen (secondary N) is 1. The molecule has 0 unspecified atom stereocenters. The number of H-pyrrole nitrogens is 1. The summed E-state index contributed by atoms with van der Waals surface area (Å²) < 4.78 is 5.10. The number of methoxy groups -OCH3 is 1. The lowest BCUT2D eigenvalue weighted by molar-refractivity contribution is 0.418. The molecule has 0 aliphatic heterocycles. The first kappa shape index (κ1) is 6.28. The van der Waals surface area contributed by atoms with Crippen LogP contribution < -0.4 is 4.74 Å². The molecule has 0 saturated carbocycles. The van der Waals surface area contributed by atoms with Crippen LogP contribution in [-0.4, -0.2) is 12.1 Å². The summed E-state index contributed by atoms with van der Waals surface area (Å²) in [4.78, 5) is 3.08. The second-order valence-corrected chi connectivity index (χ2v) is 2.32. The van der Waals surface area contributed by atoms with E-state index >= 15 is 0 Å². The molecule has 0 bridgehead atoms. The van der Waals surface area contributed by atoms with Crippen LogP contribution in [0.4, 0.5) is 0 Å². The molecule has 1 aromatic heterocycles. The number of aromatic amines is 1. The third kappa shape index (κ3) is 0.871. The molecule has 0 saturated heterocycles. The quantitative estimate of drug-likeness (QED) is 0.653. The lowest BCUT2D eigenvalue weighted by Gasteiger charge is -1.98. The first-order valence-electron chi connectivity index (χ1n) is 3.43. The van der Waals surface area contributed by atoms with E-state index in [2.05, 4.69) is 11.1 Å². The van der Waals surface area contributed by atoms with Crippen LogP contribution in [0.2, 0.25) is 0 Å². The first-order chi connectivity index (χ1) is 5.42. The van der Waals surface area contributed by atoms with E-state index in [4.69, 9.17) is 4.74 Å². The lowest BCUT2D eigenvalue weighted by atomic mass is 10.2. The van der Waals surface area contributed by atoms with Crippen LogP contribution in [-0.2, 0) is 0 Å². The van der Waals surface area contributed by atoms with Gasteiger partial charge in [-0.3, -0.25) is 0 Å². The molecule has 0 aliphatic rings. The normalized spacial score (nSPS) is 10.3. The van der Waals surface area contributed by atoms with Crippen molar-refractivity contribution in [3.63, 3.8) is 0 Å². The fourth-order valence-electron chi connectivity index (χ4n) is 1.16. The average Bonchev–Trinajstić information content (AvgIpc) is 2.50. The number of hydrogen-bond donors (Lipinski definition) is 1. The van der Waals surface area contributed by atoms with Crippen molar-refractivity contribution in [2.24, 2.45) is 0 Å². The van der Waals surface area contributed by atoms with Gasteiger partial charge in [-0.2, -0.15) is 0 Å². The maximum Gasteiger partial charge on any atom is 0.150 e. The molecule has 0 amide bonds. The van der Waals surface area contributed by atoms with Gasteiger partial charge in [0, 0.05) is 17.6 Å². The van der Waals surface area contributed by atoms with Gasteiger partial charge >= 0.3 is 0 Å². The Kier molecular flexibility index (Phi) is 1.32. The van der Waals surface area contributed by atoms with Gasteiger partial charge < -0.3 is 9.72 Å². The van der Waals surface area contributed by atoms with E-state index in [1.54, 1.807) is 7.11 Å². The zero-order valence-electron chi connectivity index (χ0n) is 6.22. The fraction of sp³-hybridized carbons (Fsp3) is 0.111. The summed E-state index contributed by atoms with van der Waals surface area (Å²) in [6, 6.07) is 8.85. The van der Waals surface area contributed by atoms with Crippen molar-refractivity contribution in [2.75, 3.05) is 7.11 Å². The summed E-state index contributed by atoms with van der Waals surface area (Å²) in [7, 11) is 1.64. The summed E-state index contributed by atoms with van der Waals surface area (Å²) in [5.41, 5.74) is 1.01. The zero-order chi connectivity index (χ0) is 7.68. The Morgan fingerprint density at radius 2 is 2.36 bits per heavy atom. The number of aromatic nitrogens is 1. The van der Waals surface area contributed by atoms with Crippen LogP contribution in [0.3, 0.4) is 0 Å². The van der Waals surface area contributed by atoms with E-state index in [1.165, 1.54) is 0 Å². The highest BCUT2D eigenvalue weighted by molar-refractivity contribution is 5.84. The van der Waals surface area contributed by atoms with Crippen molar-refractivity contribution < 1.29 is 4.74 Å². The van der Waals surface area contributed by atoms with Crippen molar-refractivity contribution in [2.45, 2.75) is 0 Å². The molecular weight excluding hydrogens is 138 g/mol. The molecular formula is C9H8NO. The smallest absolute Gasteiger partial charge is 0.150 e. The number of ether oxygens (including phenoxy) is 1. The van der Waals surface area contributed by atoms with Gasteiger partial charge in [0.05, 0.1) is 12.6 Å². The summed E-state index contributed by atoms with van der Waals surface area (Å²) >= 11 is 0. The number of benzene rings is 1. The Morgan fingerprint density at radius 3 is 3.18 bits per heavy atom. The summed E-state index contributed by atoms with van der Waals surface area (Å²) in [6.07, 6.45) is 1.89. The van der Waals surface area contributed by atoms with Crippen LogP contribution in [0.5, 0.6) is 5.75 Å². The van der Waals surface area contributed by atoms with Crippen molar-refractivity contribution in [1.29, 1.82) is 0 Å². The van der Waals surface area contributed by atoms with Crippen LogP contribution in [0.15, 0.2) is 24.4 Å². The SMILES string of the molecule is COc1[c]ccc2cc[nH]c12. The summed E-state index contributed by atoms with van der Waals surface area (Å²) in [6.45, 7) is 0. The highest BCUT2D eigenvalue weighted by Crippen LogP contribution is 2.22. The standard InChI is InChI=1S/C9H8NO/c1-11-8-4-2-3-7-5-6-10-9(7)8/h2-3,5-6,10H,1H3. The monoisotopic (exact) mass is 146 g/mol. The lowest BCUT2D eigenvalue weighted by Crippen LogP contribution is -1.83. The molecule has 0 spiro atoms. The van der Waals surface area contributed by atoms with E-state index in [9.17, 15) is 0 Å². The molecule has 0 fully saturated rings. The highest BCUT2D eigenvalue weighted by Gasteiger charge is 1.99. The van der Waals surface area contributed by atoms with Crippen LogP contribution in [0, 0.1) is 6.07 Å². The van der Waals surface area contributed by atoms with E-state index in [0.29, 0.717) is 0 Å². The Bertz CT molecular complexity index is 364. The zero-order valence-corrected chi connectivity index (χ0v) is 6.22. The van der Waals surface area contributed by atoms with Crippen molar-refractivity contribution in [3.8, 4) is 5.75 Å². The molecule has 1 N–H and O–H groups in total. The fourth-order valence-corrected chi connectivity index (χ4v) is 1.16. The predicted molar refractivity (Wildman–Crippen MR) is 43.7 cm³/mol. The largest absolute Gasteiger partial charge is 0.494 e. The van der Waals surface area contributed by atoms with Gasteiger partial charge in [0.25, 0.3) is 0 Å². The van der Waals surface area contributed by atoms with Gasteiger partial charge in [0.15, 0.2) is 5.75 Å². The second-order valence-electron chi connectivity index (χ2n) is 2.32. The van der Waals surface area contributed by atoms with E-state index in [0.717, 1.165) is 16.7 Å². The first-order valence-corrected chi connectivity index (χ1v) is 3.43. The Hall–Kier alpha value is -1.44. The highest BCUT2D eigenvalue weighted by atomic mass is 16.5. The topological polar surface area (TPSA) is 25.0 Å². The Morgan fingerprint density at radius 1 is 1.45 bits per heavy atom. The van der Waals surface area contributed by atoms with E-state index in [-0.39, 0.29) is 0 Å². The van der Waals surface area contributed by atoms with Gasteiger partial charge in [-0.05, 0) is 12.1 Å². The van der Waals surface area contributed by atoms with Crippen LogP contribution >= 0.6 is 0 Å². The molecule has 1 aromatic carbocycles. The summed E-state index contributed by atoms with van der Waals surface area (Å²) in [5.74, 6) is 0.771. The molecule has 0 atom stereocenters. The van der Waals surface area contributed by atoms with Crippen LogP contribution in [0.25, 0.3) is 10.9 Å². The van der Waals surface area contributed by atoms with E-state index in [1.807, 2.05) is 24.4 Å². The number of rotatable bonds is 1. The van der Waals surface area contributed by atoms with Crippen LogP contribution in [0.1, 0.15) is 0 Å². The maximum atomic E-state index is 5.10. The molecule has 2 nitrogen and oxygen atoms in total. The predicted octanol–water partition coefficient (Wildman–Crippen LogP) is 1.98. The molecule has 1 radical (unpaired) electrons. The third-order valence-electron chi connectivity index (χ3n) is 1.69. The minimum absolute atomic E-state index is 0.771. The van der Waals surface area contributed by atoms with Crippen molar-refractivity contribution >= 4 is 10.9 Å². The van der Waals surface area contributed by atoms with Gasteiger partial charge in [-0.15, -0.1) is 0 Å². The minimum atomic E-state index is 0.771. The number of fused-ring (bicyclic) bond motifs is 1. The average molecular weight is 146 g/mol. The number of hydrogen-bond acceptors (Lipinski definition) is 1. The molecule has 0 aliphatic carbocycles. The molecule has 55 valence electrons. The minimum Gasteiger partial charge on any atom is -0.494 e. The van der Waals surface area contributed by atoms with Gasteiger partial charge in [0.2, 0.25) is 0 Å².